The molecule has 0 amide bonds. The molecule has 4 nitrogen and oxygen atoms in total. The number of aryl methyl sites for hydroxylation is 1. The van der Waals surface area contributed by atoms with Crippen molar-refractivity contribution in [2.75, 3.05) is 0 Å². The molecule has 0 spiro atoms. The molecule has 0 atom stereocenters. The predicted molar refractivity (Wildman–Crippen MR) is 112 cm³/mol. The van der Waals surface area contributed by atoms with Crippen molar-refractivity contribution in [3.63, 3.8) is 0 Å². The van der Waals surface area contributed by atoms with Gasteiger partial charge in [0.25, 0.3) is 0 Å². The van der Waals surface area contributed by atoms with Crippen molar-refractivity contribution in [2.45, 2.75) is 58.7 Å². The summed E-state index contributed by atoms with van der Waals surface area (Å²) in [6.45, 7) is 6.89. The molecule has 0 radical (unpaired) electrons. The Kier molecular flexibility index (Phi) is 5.12. The fourth-order valence-corrected chi connectivity index (χ4v) is 3.80. The molecule has 0 saturated heterocycles. The number of fused-ring (bicyclic) bond motifs is 3. The smallest absolute Gasteiger partial charge is 0.145 e. The van der Waals surface area contributed by atoms with E-state index in [9.17, 15) is 0 Å². The zero-order valence-corrected chi connectivity index (χ0v) is 16.9. The molecular weight excluding hydrogens is 348 g/mol. The summed E-state index contributed by atoms with van der Waals surface area (Å²) in [6.07, 6.45) is 6.38. The van der Waals surface area contributed by atoms with E-state index in [0.29, 0.717) is 6.61 Å². The monoisotopic (exact) mass is 376 g/mol. The van der Waals surface area contributed by atoms with Crippen LogP contribution in [-0.4, -0.2) is 9.97 Å². The summed E-state index contributed by atoms with van der Waals surface area (Å²) in [5, 5.41) is 0. The van der Waals surface area contributed by atoms with Crippen molar-refractivity contribution in [2.24, 2.45) is 0 Å². The SMILES string of the molecule is CCCCCc1cc(OCc2ccccc2)c2c(c1)OC(C)(C)c1[nH]cnc1-2. The Morgan fingerprint density at radius 2 is 1.89 bits per heavy atom. The highest BCUT2D eigenvalue weighted by atomic mass is 16.5. The number of aromatic amines is 1. The third kappa shape index (κ3) is 3.64. The van der Waals surface area contributed by atoms with Crippen molar-refractivity contribution in [1.82, 2.24) is 9.97 Å². The zero-order valence-electron chi connectivity index (χ0n) is 16.9. The first-order chi connectivity index (χ1) is 13.6. The van der Waals surface area contributed by atoms with Crippen LogP contribution < -0.4 is 9.47 Å². The van der Waals surface area contributed by atoms with Crippen LogP contribution in [-0.2, 0) is 18.6 Å². The van der Waals surface area contributed by atoms with Crippen LogP contribution in [0.4, 0.5) is 0 Å². The molecule has 1 aromatic heterocycles. The second-order valence-electron chi connectivity index (χ2n) is 7.94. The lowest BCUT2D eigenvalue weighted by molar-refractivity contribution is 0.100. The fraction of sp³-hybridized carbons (Fsp3) is 0.375. The third-order valence-electron chi connectivity index (χ3n) is 5.28. The number of nitrogens with one attached hydrogen (secondary N) is 1. The number of unbranched alkanes of at least 4 members (excludes halogenated alkanes) is 2. The molecule has 4 heteroatoms. The molecule has 2 aromatic carbocycles. The normalized spacial score (nSPS) is 14.1. The Morgan fingerprint density at radius 3 is 2.68 bits per heavy atom. The maximum atomic E-state index is 6.39. The summed E-state index contributed by atoms with van der Waals surface area (Å²) >= 11 is 0. The molecule has 4 rings (SSSR count). The molecule has 0 fully saturated rings. The summed E-state index contributed by atoms with van der Waals surface area (Å²) in [5.74, 6) is 1.71. The standard InChI is InChI=1S/C24H28N2O2/c1-4-5-7-12-18-13-19(27-15-17-10-8-6-9-11-17)21-20(14-18)28-24(2,3)23-22(21)25-16-26-23/h6,8-11,13-14,16H,4-5,7,12,15H2,1-3H3,(H,25,26). The predicted octanol–water partition coefficient (Wildman–Crippen LogP) is 6.02. The highest BCUT2D eigenvalue weighted by Crippen LogP contribution is 2.48. The van der Waals surface area contributed by atoms with E-state index >= 15 is 0 Å². The van der Waals surface area contributed by atoms with Crippen molar-refractivity contribution in [3.05, 3.63) is 65.6 Å². The Balaban J connectivity index is 1.72. The Morgan fingerprint density at radius 1 is 1.07 bits per heavy atom. The largest absolute Gasteiger partial charge is 0.488 e. The number of ether oxygens (including phenoxy) is 2. The molecular formula is C24H28N2O2. The van der Waals surface area contributed by atoms with E-state index in [0.717, 1.165) is 40.4 Å². The van der Waals surface area contributed by atoms with Gasteiger partial charge in [0.1, 0.15) is 29.4 Å². The van der Waals surface area contributed by atoms with Crippen LogP contribution in [0.1, 0.15) is 56.9 Å². The molecule has 0 bridgehead atoms. The van der Waals surface area contributed by atoms with Crippen LogP contribution in [0.5, 0.6) is 11.5 Å². The molecule has 0 saturated carbocycles. The van der Waals surface area contributed by atoms with Crippen molar-refractivity contribution in [3.8, 4) is 22.8 Å². The lowest BCUT2D eigenvalue weighted by atomic mass is 9.92. The van der Waals surface area contributed by atoms with Gasteiger partial charge in [-0.2, -0.15) is 0 Å². The molecule has 0 aliphatic carbocycles. The molecule has 1 aliphatic heterocycles. The minimum Gasteiger partial charge on any atom is -0.488 e. The van der Waals surface area contributed by atoms with Crippen LogP contribution in [0.15, 0.2) is 48.8 Å². The molecule has 28 heavy (non-hydrogen) atoms. The van der Waals surface area contributed by atoms with Crippen LogP contribution >= 0.6 is 0 Å². The van der Waals surface area contributed by atoms with Gasteiger partial charge in [0.15, 0.2) is 0 Å². The third-order valence-corrected chi connectivity index (χ3v) is 5.28. The van der Waals surface area contributed by atoms with Gasteiger partial charge in [-0.15, -0.1) is 0 Å². The lowest BCUT2D eigenvalue weighted by Gasteiger charge is -2.33. The first-order valence-corrected chi connectivity index (χ1v) is 10.2. The minimum absolute atomic E-state index is 0.447. The van der Waals surface area contributed by atoms with Crippen LogP contribution in [0.3, 0.4) is 0 Å². The van der Waals surface area contributed by atoms with Gasteiger partial charge in [0.05, 0.1) is 17.6 Å². The molecule has 146 valence electrons. The number of hydrogen-bond acceptors (Lipinski definition) is 3. The average molecular weight is 377 g/mol. The topological polar surface area (TPSA) is 47.1 Å². The Labute approximate surface area is 166 Å². The molecule has 3 aromatic rings. The molecule has 0 unspecified atom stereocenters. The number of aromatic nitrogens is 2. The fourth-order valence-electron chi connectivity index (χ4n) is 3.80. The van der Waals surface area contributed by atoms with E-state index in [1.807, 2.05) is 18.2 Å². The molecule has 1 N–H and O–H groups in total. The molecule has 1 aliphatic rings. The van der Waals surface area contributed by atoms with E-state index in [1.54, 1.807) is 6.33 Å². The van der Waals surface area contributed by atoms with Gasteiger partial charge in [-0.3, -0.25) is 0 Å². The zero-order chi connectivity index (χ0) is 19.6. The maximum absolute atomic E-state index is 6.39. The highest BCUT2D eigenvalue weighted by Gasteiger charge is 2.37. The van der Waals surface area contributed by atoms with E-state index < -0.39 is 5.60 Å². The quantitative estimate of drug-likeness (QED) is 0.513. The first kappa shape index (κ1) is 18.6. The second kappa shape index (κ2) is 7.70. The number of H-pyrrole nitrogens is 1. The van der Waals surface area contributed by atoms with Gasteiger partial charge >= 0.3 is 0 Å². The minimum atomic E-state index is -0.447. The number of imidazole rings is 1. The van der Waals surface area contributed by atoms with Gasteiger partial charge in [0, 0.05) is 0 Å². The van der Waals surface area contributed by atoms with E-state index in [4.69, 9.17) is 9.47 Å². The van der Waals surface area contributed by atoms with Gasteiger partial charge in [-0.25, -0.2) is 4.98 Å². The first-order valence-electron chi connectivity index (χ1n) is 10.2. The van der Waals surface area contributed by atoms with Crippen molar-refractivity contribution in [1.29, 1.82) is 0 Å². The van der Waals surface area contributed by atoms with Crippen molar-refractivity contribution >= 4 is 0 Å². The number of nitrogens with zero attached hydrogens (tertiary/aromatic N) is 1. The summed E-state index contributed by atoms with van der Waals surface area (Å²) in [4.78, 5) is 7.85. The summed E-state index contributed by atoms with van der Waals surface area (Å²) < 4.78 is 12.7. The van der Waals surface area contributed by atoms with Gasteiger partial charge < -0.3 is 14.5 Å². The van der Waals surface area contributed by atoms with Crippen molar-refractivity contribution < 1.29 is 9.47 Å². The number of hydrogen-bond donors (Lipinski definition) is 1. The highest BCUT2D eigenvalue weighted by molar-refractivity contribution is 5.79. The van der Waals surface area contributed by atoms with E-state index in [2.05, 4.69) is 55.0 Å². The number of benzene rings is 2. The van der Waals surface area contributed by atoms with Gasteiger partial charge in [-0.1, -0.05) is 50.1 Å². The summed E-state index contributed by atoms with van der Waals surface area (Å²) in [7, 11) is 0. The van der Waals surface area contributed by atoms with E-state index in [1.165, 1.54) is 24.8 Å². The summed E-state index contributed by atoms with van der Waals surface area (Å²) in [6, 6.07) is 14.6. The number of rotatable bonds is 7. The maximum Gasteiger partial charge on any atom is 0.145 e. The Bertz CT molecular complexity index is 944. The van der Waals surface area contributed by atoms with Gasteiger partial charge in [-0.05, 0) is 49.9 Å². The lowest BCUT2D eigenvalue weighted by Crippen LogP contribution is -2.29. The Hall–Kier alpha value is -2.75. The second-order valence-corrected chi connectivity index (χ2v) is 7.94. The van der Waals surface area contributed by atoms with Crippen LogP contribution in [0.2, 0.25) is 0 Å². The van der Waals surface area contributed by atoms with E-state index in [-0.39, 0.29) is 0 Å². The average Bonchev–Trinajstić information content (AvgIpc) is 3.18. The molecule has 2 heterocycles. The summed E-state index contributed by atoms with van der Waals surface area (Å²) in [5.41, 5.74) is 4.82. The van der Waals surface area contributed by atoms with Gasteiger partial charge in [0.2, 0.25) is 0 Å². The van der Waals surface area contributed by atoms with Crippen LogP contribution in [0.25, 0.3) is 11.3 Å². The van der Waals surface area contributed by atoms with Crippen LogP contribution in [0, 0.1) is 0 Å².